The first-order valence-corrected chi connectivity index (χ1v) is 7.72. The van der Waals surface area contributed by atoms with E-state index in [2.05, 4.69) is 19.9 Å². The molecule has 2 N–H and O–H groups in total. The summed E-state index contributed by atoms with van der Waals surface area (Å²) < 4.78 is 18.5. The summed E-state index contributed by atoms with van der Waals surface area (Å²) in [4.78, 5) is 11.3. The lowest BCUT2D eigenvalue weighted by molar-refractivity contribution is 0.0147. The molecule has 2 aromatic rings. The zero-order valence-corrected chi connectivity index (χ0v) is 13.3. The summed E-state index contributed by atoms with van der Waals surface area (Å²) in [6, 6.07) is 12.5. The summed E-state index contributed by atoms with van der Waals surface area (Å²) in [6.07, 6.45) is 0.727. The molecule has 0 aliphatic heterocycles. The smallest absolute Gasteiger partial charge is 0.405 e. The van der Waals surface area contributed by atoms with Gasteiger partial charge in [-0.3, -0.25) is 0 Å². The van der Waals surface area contributed by atoms with Crippen molar-refractivity contribution in [2.75, 3.05) is 0 Å². The van der Waals surface area contributed by atoms with Crippen molar-refractivity contribution in [1.82, 2.24) is 0 Å². The van der Waals surface area contributed by atoms with Gasteiger partial charge in [0.25, 0.3) is 0 Å². The van der Waals surface area contributed by atoms with Crippen LogP contribution in [0.4, 0.5) is 9.18 Å². The number of nitrogens with two attached hydrogens (primary N) is 1. The highest BCUT2D eigenvalue weighted by atomic mass is 19.1. The predicted molar refractivity (Wildman–Crippen MR) is 87.3 cm³/mol. The molecule has 3 rings (SSSR count). The van der Waals surface area contributed by atoms with Crippen LogP contribution in [0.5, 0.6) is 0 Å². The van der Waals surface area contributed by atoms with Gasteiger partial charge < -0.3 is 10.5 Å². The number of hydrogen-bond donors (Lipinski definition) is 1. The van der Waals surface area contributed by atoms with E-state index in [-0.39, 0.29) is 17.3 Å². The van der Waals surface area contributed by atoms with Crippen LogP contribution >= 0.6 is 0 Å². The van der Waals surface area contributed by atoms with Crippen molar-refractivity contribution in [2.45, 2.75) is 32.8 Å². The van der Waals surface area contributed by atoms with Gasteiger partial charge in [0.1, 0.15) is 11.9 Å². The number of benzene rings is 2. The van der Waals surface area contributed by atoms with Gasteiger partial charge in [-0.05, 0) is 53.3 Å². The maximum absolute atomic E-state index is 13.1. The maximum Gasteiger partial charge on any atom is 0.405 e. The lowest BCUT2D eigenvalue weighted by atomic mass is 9.71. The van der Waals surface area contributed by atoms with Gasteiger partial charge in [0.15, 0.2) is 0 Å². The minimum Gasteiger partial charge on any atom is -0.441 e. The molecule has 120 valence electrons. The van der Waals surface area contributed by atoms with E-state index in [1.165, 1.54) is 17.7 Å². The van der Waals surface area contributed by atoms with Crippen molar-refractivity contribution in [1.29, 1.82) is 0 Å². The van der Waals surface area contributed by atoms with Crippen LogP contribution in [-0.4, -0.2) is 6.09 Å². The molecule has 0 bridgehead atoms. The van der Waals surface area contributed by atoms with Crippen LogP contribution < -0.4 is 5.73 Å². The van der Waals surface area contributed by atoms with E-state index in [9.17, 15) is 9.18 Å². The highest BCUT2D eigenvalue weighted by Crippen LogP contribution is 2.46. The Balaban J connectivity index is 2.06. The molecule has 23 heavy (non-hydrogen) atoms. The molecule has 1 amide bonds. The zero-order valence-electron chi connectivity index (χ0n) is 13.3. The van der Waals surface area contributed by atoms with Crippen molar-refractivity contribution in [2.24, 2.45) is 11.1 Å². The lowest BCUT2D eigenvalue weighted by Gasteiger charge is -2.39. The average Bonchev–Trinajstić information content (AvgIpc) is 2.50. The van der Waals surface area contributed by atoms with Gasteiger partial charge in [-0.2, -0.15) is 0 Å². The van der Waals surface area contributed by atoms with Crippen molar-refractivity contribution in [3.05, 3.63) is 59.4 Å². The Morgan fingerprint density at radius 2 is 1.83 bits per heavy atom. The minimum atomic E-state index is -0.761. The van der Waals surface area contributed by atoms with Crippen LogP contribution in [0.25, 0.3) is 11.1 Å². The number of primary amides is 1. The van der Waals surface area contributed by atoms with Crippen LogP contribution in [0.2, 0.25) is 0 Å². The fraction of sp³-hybridized carbons (Fsp3) is 0.316. The van der Waals surface area contributed by atoms with Gasteiger partial charge in [0, 0.05) is 5.41 Å². The van der Waals surface area contributed by atoms with Crippen LogP contribution in [0.1, 0.15) is 37.5 Å². The van der Waals surface area contributed by atoms with E-state index < -0.39 is 6.09 Å². The third-order valence-corrected chi connectivity index (χ3v) is 4.59. The third-order valence-electron chi connectivity index (χ3n) is 4.59. The summed E-state index contributed by atoms with van der Waals surface area (Å²) in [7, 11) is 0. The minimum absolute atomic E-state index is 0.177. The molecule has 1 aliphatic rings. The highest BCUT2D eigenvalue weighted by molar-refractivity contribution is 5.67. The largest absolute Gasteiger partial charge is 0.441 e. The molecular weight excluding hydrogens is 293 g/mol. The Bertz CT molecular complexity index is 738. The molecule has 0 spiro atoms. The molecule has 2 aromatic carbocycles. The normalized spacial score (nSPS) is 19.0. The second-order valence-electron chi connectivity index (χ2n) is 6.73. The maximum atomic E-state index is 13.1. The number of aryl methyl sites for hydroxylation is 1. The first-order valence-electron chi connectivity index (χ1n) is 7.72. The summed E-state index contributed by atoms with van der Waals surface area (Å²) in [5.41, 5.74) is 9.14. The molecule has 0 saturated carbocycles. The van der Waals surface area contributed by atoms with Crippen molar-refractivity contribution in [3.63, 3.8) is 0 Å². The van der Waals surface area contributed by atoms with E-state index >= 15 is 0 Å². The van der Waals surface area contributed by atoms with Crippen LogP contribution in [0.15, 0.2) is 42.5 Å². The van der Waals surface area contributed by atoms with Crippen LogP contribution in [-0.2, 0) is 11.2 Å². The summed E-state index contributed by atoms with van der Waals surface area (Å²) in [6.45, 7) is 4.15. The molecule has 0 saturated heterocycles. The Hall–Kier alpha value is -2.36. The molecule has 4 heteroatoms. The van der Waals surface area contributed by atoms with E-state index in [4.69, 9.17) is 10.5 Å². The molecule has 1 atom stereocenters. The van der Waals surface area contributed by atoms with Gasteiger partial charge in [-0.1, -0.05) is 38.1 Å². The van der Waals surface area contributed by atoms with Gasteiger partial charge in [0.05, 0.1) is 0 Å². The number of rotatable bonds is 2. The first kappa shape index (κ1) is 15.5. The Kier molecular flexibility index (Phi) is 3.84. The average molecular weight is 313 g/mol. The molecule has 0 heterocycles. The molecule has 0 fully saturated rings. The van der Waals surface area contributed by atoms with Gasteiger partial charge in [-0.25, -0.2) is 9.18 Å². The number of hydrogen-bond acceptors (Lipinski definition) is 2. The lowest BCUT2D eigenvalue weighted by Crippen LogP contribution is -2.33. The van der Waals surface area contributed by atoms with E-state index in [0.717, 1.165) is 29.5 Å². The fourth-order valence-corrected chi connectivity index (χ4v) is 3.24. The summed E-state index contributed by atoms with van der Waals surface area (Å²) >= 11 is 0. The van der Waals surface area contributed by atoms with E-state index in [1.807, 2.05) is 12.1 Å². The van der Waals surface area contributed by atoms with Crippen LogP contribution in [0.3, 0.4) is 0 Å². The molecular formula is C19H20FNO2. The monoisotopic (exact) mass is 313 g/mol. The summed E-state index contributed by atoms with van der Waals surface area (Å²) in [5, 5.41) is 0. The zero-order chi connectivity index (χ0) is 16.6. The molecule has 0 aromatic heterocycles. The standard InChI is InChI=1S/C19H20FNO2/c1-19(2)10-9-13-3-4-14(12-5-7-15(20)8-6-12)11-16(13)17(19)23-18(21)22/h3-8,11,17H,9-10H2,1-2H3,(H2,21,22). The Labute approximate surface area is 135 Å². The number of ether oxygens (including phenoxy) is 1. The molecule has 1 aliphatic carbocycles. The molecule has 1 unspecified atom stereocenters. The van der Waals surface area contributed by atoms with Crippen LogP contribution in [0, 0.1) is 11.2 Å². The number of fused-ring (bicyclic) bond motifs is 1. The second-order valence-corrected chi connectivity index (χ2v) is 6.73. The number of amides is 1. The summed E-state index contributed by atoms with van der Waals surface area (Å²) in [5.74, 6) is -0.261. The Morgan fingerprint density at radius 1 is 1.17 bits per heavy atom. The first-order chi connectivity index (χ1) is 10.9. The Morgan fingerprint density at radius 3 is 2.48 bits per heavy atom. The quantitative estimate of drug-likeness (QED) is 0.880. The topological polar surface area (TPSA) is 52.3 Å². The molecule has 0 radical (unpaired) electrons. The van der Waals surface area contributed by atoms with Crippen molar-refractivity contribution >= 4 is 6.09 Å². The fourth-order valence-electron chi connectivity index (χ4n) is 3.24. The number of halogens is 1. The van der Waals surface area contributed by atoms with Crippen molar-refractivity contribution < 1.29 is 13.9 Å². The predicted octanol–water partition coefficient (Wildman–Crippen LogP) is 4.60. The van der Waals surface area contributed by atoms with Gasteiger partial charge in [0.2, 0.25) is 0 Å². The number of carbonyl (C=O) groups excluding carboxylic acids is 1. The van der Waals surface area contributed by atoms with Gasteiger partial charge >= 0.3 is 6.09 Å². The van der Waals surface area contributed by atoms with E-state index in [0.29, 0.717) is 0 Å². The number of carbonyl (C=O) groups is 1. The van der Waals surface area contributed by atoms with E-state index in [1.54, 1.807) is 12.1 Å². The third kappa shape index (κ3) is 3.07. The SMILES string of the molecule is CC1(C)CCc2ccc(-c3ccc(F)cc3)cc2C1OC(N)=O. The van der Waals surface area contributed by atoms with Crippen molar-refractivity contribution in [3.8, 4) is 11.1 Å². The van der Waals surface area contributed by atoms with Gasteiger partial charge in [-0.15, -0.1) is 0 Å². The highest BCUT2D eigenvalue weighted by Gasteiger charge is 2.38. The molecule has 3 nitrogen and oxygen atoms in total. The second kappa shape index (κ2) is 5.69.